The van der Waals surface area contributed by atoms with Crippen LogP contribution >= 0.6 is 0 Å². The molecule has 0 saturated carbocycles. The van der Waals surface area contributed by atoms with Gasteiger partial charge < -0.3 is 10.6 Å². The molecular formula is C12H20N4O. The molecule has 2 unspecified atom stereocenters. The number of amides is 1. The highest BCUT2D eigenvalue weighted by atomic mass is 16.2. The minimum absolute atomic E-state index is 0.00667. The van der Waals surface area contributed by atoms with Crippen LogP contribution in [0.5, 0.6) is 0 Å². The fourth-order valence-corrected chi connectivity index (χ4v) is 2.58. The van der Waals surface area contributed by atoms with Crippen LogP contribution in [-0.4, -0.2) is 33.7 Å². The predicted molar refractivity (Wildman–Crippen MR) is 65.3 cm³/mol. The predicted octanol–water partition coefficient (Wildman–Crippen LogP) is 0.603. The van der Waals surface area contributed by atoms with Gasteiger partial charge in [-0.15, -0.1) is 0 Å². The van der Waals surface area contributed by atoms with Crippen molar-refractivity contribution in [3.63, 3.8) is 0 Å². The molecule has 0 aromatic carbocycles. The van der Waals surface area contributed by atoms with E-state index in [1.807, 2.05) is 20.3 Å². The number of aryl methyl sites for hydroxylation is 2. The van der Waals surface area contributed by atoms with Crippen molar-refractivity contribution in [2.45, 2.75) is 38.3 Å². The highest BCUT2D eigenvalue weighted by Gasteiger charge is 2.34. The first-order valence-corrected chi connectivity index (χ1v) is 6.08. The zero-order valence-electron chi connectivity index (χ0n) is 10.7. The Hall–Kier alpha value is -1.36. The van der Waals surface area contributed by atoms with Crippen molar-refractivity contribution in [1.29, 1.82) is 0 Å². The SMILES string of the molecule is CCc1nn(C)cc1C1C(N)CCC(=O)N1C. The molecule has 2 N–H and O–H groups in total. The normalized spacial score (nSPS) is 25.4. The lowest BCUT2D eigenvalue weighted by Gasteiger charge is -2.37. The van der Waals surface area contributed by atoms with Gasteiger partial charge in [0.2, 0.25) is 5.91 Å². The maximum atomic E-state index is 11.8. The van der Waals surface area contributed by atoms with E-state index in [-0.39, 0.29) is 18.0 Å². The summed E-state index contributed by atoms with van der Waals surface area (Å²) in [5.74, 6) is 0.169. The van der Waals surface area contributed by atoms with Crippen LogP contribution in [0, 0.1) is 0 Å². The largest absolute Gasteiger partial charge is 0.337 e. The van der Waals surface area contributed by atoms with Gasteiger partial charge in [-0.2, -0.15) is 5.10 Å². The van der Waals surface area contributed by atoms with Gasteiger partial charge in [-0.1, -0.05) is 6.92 Å². The van der Waals surface area contributed by atoms with Crippen LogP contribution in [-0.2, 0) is 18.3 Å². The Morgan fingerprint density at radius 3 is 2.88 bits per heavy atom. The van der Waals surface area contributed by atoms with Gasteiger partial charge in [-0.25, -0.2) is 0 Å². The molecule has 1 amide bonds. The van der Waals surface area contributed by atoms with E-state index in [0.29, 0.717) is 6.42 Å². The average molecular weight is 236 g/mol. The lowest BCUT2D eigenvalue weighted by atomic mass is 9.91. The summed E-state index contributed by atoms with van der Waals surface area (Å²) in [7, 11) is 3.73. The molecule has 2 rings (SSSR count). The van der Waals surface area contributed by atoms with E-state index in [1.54, 1.807) is 9.58 Å². The third-order valence-corrected chi connectivity index (χ3v) is 3.50. The van der Waals surface area contributed by atoms with E-state index in [9.17, 15) is 4.79 Å². The molecule has 0 bridgehead atoms. The van der Waals surface area contributed by atoms with Crippen LogP contribution in [0.15, 0.2) is 6.20 Å². The topological polar surface area (TPSA) is 64.2 Å². The van der Waals surface area contributed by atoms with Crippen LogP contribution < -0.4 is 5.73 Å². The number of nitrogens with zero attached hydrogens (tertiary/aromatic N) is 3. The van der Waals surface area contributed by atoms with Gasteiger partial charge in [0.25, 0.3) is 0 Å². The molecule has 1 saturated heterocycles. The van der Waals surface area contributed by atoms with Gasteiger partial charge in [-0.05, 0) is 12.8 Å². The molecule has 2 atom stereocenters. The standard InChI is InChI=1S/C12H20N4O/c1-4-10-8(7-15(2)14-10)12-9(13)5-6-11(17)16(12)3/h7,9,12H,4-6,13H2,1-3H3. The molecule has 0 radical (unpaired) electrons. The van der Waals surface area contributed by atoms with E-state index in [2.05, 4.69) is 12.0 Å². The Balaban J connectivity index is 2.38. The van der Waals surface area contributed by atoms with Gasteiger partial charge in [0, 0.05) is 38.3 Å². The number of piperidine rings is 1. The summed E-state index contributed by atoms with van der Waals surface area (Å²) in [5, 5.41) is 4.42. The molecule has 1 aromatic rings. The van der Waals surface area contributed by atoms with Crippen LogP contribution in [0.25, 0.3) is 0 Å². The number of rotatable bonds is 2. The molecule has 94 valence electrons. The quantitative estimate of drug-likeness (QED) is 0.818. The number of hydrogen-bond donors (Lipinski definition) is 1. The monoisotopic (exact) mass is 236 g/mol. The first-order chi connectivity index (χ1) is 8.04. The molecule has 0 spiro atoms. The molecule has 2 heterocycles. The maximum Gasteiger partial charge on any atom is 0.222 e. The summed E-state index contributed by atoms with van der Waals surface area (Å²) in [6, 6.07) is -0.0212. The van der Waals surface area contributed by atoms with Gasteiger partial charge in [-0.3, -0.25) is 9.48 Å². The van der Waals surface area contributed by atoms with Gasteiger partial charge in [0.05, 0.1) is 11.7 Å². The molecule has 1 aliphatic heterocycles. The summed E-state index contributed by atoms with van der Waals surface area (Å²) in [4.78, 5) is 13.5. The molecule has 1 fully saturated rings. The number of carbonyl (C=O) groups excluding carboxylic acids is 1. The Bertz CT molecular complexity index is 426. The summed E-state index contributed by atoms with van der Waals surface area (Å²) >= 11 is 0. The number of carbonyl (C=O) groups is 1. The van der Waals surface area contributed by atoms with Crippen molar-refractivity contribution >= 4 is 5.91 Å². The zero-order chi connectivity index (χ0) is 12.6. The first kappa shape index (κ1) is 12.1. The summed E-state index contributed by atoms with van der Waals surface area (Å²) < 4.78 is 1.80. The lowest BCUT2D eigenvalue weighted by molar-refractivity contribution is -0.135. The third kappa shape index (κ3) is 2.07. The number of likely N-dealkylation sites (N-methyl/N-ethyl adjacent to an activating group) is 1. The number of hydrogen-bond acceptors (Lipinski definition) is 3. The van der Waals surface area contributed by atoms with Crippen molar-refractivity contribution in [3.05, 3.63) is 17.5 Å². The molecule has 1 aromatic heterocycles. The third-order valence-electron chi connectivity index (χ3n) is 3.50. The summed E-state index contributed by atoms with van der Waals surface area (Å²) in [6.07, 6.45) is 4.15. The molecule has 5 nitrogen and oxygen atoms in total. The van der Waals surface area contributed by atoms with Crippen LogP contribution in [0.1, 0.15) is 37.1 Å². The van der Waals surface area contributed by atoms with Crippen molar-refractivity contribution in [3.8, 4) is 0 Å². The second-order valence-corrected chi connectivity index (χ2v) is 4.71. The molecule has 1 aliphatic rings. The second-order valence-electron chi connectivity index (χ2n) is 4.71. The number of aromatic nitrogens is 2. The fraction of sp³-hybridized carbons (Fsp3) is 0.667. The Kier molecular flexibility index (Phi) is 3.19. The highest BCUT2D eigenvalue weighted by Crippen LogP contribution is 2.31. The molecule has 5 heteroatoms. The van der Waals surface area contributed by atoms with E-state index in [4.69, 9.17) is 5.73 Å². The average Bonchev–Trinajstić information content (AvgIpc) is 2.66. The van der Waals surface area contributed by atoms with Crippen molar-refractivity contribution in [1.82, 2.24) is 14.7 Å². The Morgan fingerprint density at radius 2 is 2.24 bits per heavy atom. The minimum Gasteiger partial charge on any atom is -0.337 e. The number of likely N-dealkylation sites (tertiary alicyclic amines) is 1. The van der Waals surface area contributed by atoms with Crippen LogP contribution in [0.2, 0.25) is 0 Å². The van der Waals surface area contributed by atoms with Crippen molar-refractivity contribution in [2.75, 3.05) is 7.05 Å². The van der Waals surface area contributed by atoms with Crippen molar-refractivity contribution < 1.29 is 4.79 Å². The minimum atomic E-state index is -0.0279. The maximum absolute atomic E-state index is 11.8. The smallest absolute Gasteiger partial charge is 0.222 e. The van der Waals surface area contributed by atoms with E-state index >= 15 is 0 Å². The zero-order valence-corrected chi connectivity index (χ0v) is 10.7. The fourth-order valence-electron chi connectivity index (χ4n) is 2.58. The van der Waals surface area contributed by atoms with E-state index < -0.39 is 0 Å². The molecular weight excluding hydrogens is 216 g/mol. The van der Waals surface area contributed by atoms with E-state index in [1.165, 1.54) is 0 Å². The second kappa shape index (κ2) is 4.49. The van der Waals surface area contributed by atoms with E-state index in [0.717, 1.165) is 24.1 Å². The van der Waals surface area contributed by atoms with Crippen LogP contribution in [0.4, 0.5) is 0 Å². The molecule has 0 aliphatic carbocycles. The molecule has 17 heavy (non-hydrogen) atoms. The van der Waals surface area contributed by atoms with Gasteiger partial charge >= 0.3 is 0 Å². The summed E-state index contributed by atoms with van der Waals surface area (Å²) in [6.45, 7) is 2.07. The van der Waals surface area contributed by atoms with Gasteiger partial charge in [0.1, 0.15) is 0 Å². The van der Waals surface area contributed by atoms with Gasteiger partial charge in [0.15, 0.2) is 0 Å². The Morgan fingerprint density at radius 1 is 1.53 bits per heavy atom. The van der Waals surface area contributed by atoms with Crippen molar-refractivity contribution in [2.24, 2.45) is 12.8 Å². The Labute approximate surface area is 102 Å². The lowest BCUT2D eigenvalue weighted by Crippen LogP contribution is -2.47. The van der Waals surface area contributed by atoms with Crippen LogP contribution in [0.3, 0.4) is 0 Å². The summed E-state index contributed by atoms with van der Waals surface area (Å²) in [5.41, 5.74) is 8.30. The highest BCUT2D eigenvalue weighted by molar-refractivity contribution is 5.77. The number of nitrogens with two attached hydrogens (primary N) is 1. The first-order valence-electron chi connectivity index (χ1n) is 6.08.